The van der Waals surface area contributed by atoms with E-state index >= 15 is 0 Å². The summed E-state index contributed by atoms with van der Waals surface area (Å²) in [7, 11) is 2.13. The summed E-state index contributed by atoms with van der Waals surface area (Å²) >= 11 is 12.7. The summed E-state index contributed by atoms with van der Waals surface area (Å²) in [6.45, 7) is 2.45. The van der Waals surface area contributed by atoms with Crippen molar-refractivity contribution in [3.8, 4) is 11.1 Å². The number of rotatable bonds is 2. The van der Waals surface area contributed by atoms with Gasteiger partial charge in [0.2, 0.25) is 0 Å². The molecule has 0 aromatic heterocycles. The lowest BCUT2D eigenvalue weighted by molar-refractivity contribution is 0.313. The summed E-state index contributed by atoms with van der Waals surface area (Å²) in [6.07, 6.45) is 0.939. The minimum Gasteiger partial charge on any atom is -0.326 e. The summed E-state index contributed by atoms with van der Waals surface area (Å²) in [6, 6.07) is 10.3. The molecule has 4 heteroatoms. The average molecular weight is 321 g/mol. The standard InChI is InChI=1S/C17H18Cl2N2/c1-21-6-5-13-15(10-21)14(8-16(18)17(13)19)12-4-2-3-11(7-12)9-20/h2-4,7-8H,5-6,9-10,20H2,1H3. The highest BCUT2D eigenvalue weighted by molar-refractivity contribution is 6.42. The first-order valence-corrected chi connectivity index (χ1v) is 7.83. The molecular formula is C17H18Cl2N2. The van der Waals surface area contributed by atoms with Crippen LogP contribution in [0.4, 0.5) is 0 Å². The first-order valence-electron chi connectivity index (χ1n) is 7.08. The van der Waals surface area contributed by atoms with Crippen molar-refractivity contribution in [1.82, 2.24) is 4.90 Å². The molecule has 0 unspecified atom stereocenters. The summed E-state index contributed by atoms with van der Waals surface area (Å²) in [5.74, 6) is 0. The smallest absolute Gasteiger partial charge is 0.0628 e. The van der Waals surface area contributed by atoms with Gasteiger partial charge in [-0.15, -0.1) is 0 Å². The van der Waals surface area contributed by atoms with Crippen molar-refractivity contribution in [1.29, 1.82) is 0 Å². The van der Waals surface area contributed by atoms with E-state index in [0.29, 0.717) is 16.6 Å². The molecule has 2 N–H and O–H groups in total. The Labute approximate surface area is 135 Å². The Hall–Kier alpha value is -1.06. The zero-order chi connectivity index (χ0) is 15.0. The van der Waals surface area contributed by atoms with Gasteiger partial charge in [0.25, 0.3) is 0 Å². The number of fused-ring (bicyclic) bond motifs is 1. The third kappa shape index (κ3) is 2.82. The lowest BCUT2D eigenvalue weighted by atomic mass is 9.90. The minimum absolute atomic E-state index is 0.539. The van der Waals surface area contributed by atoms with Gasteiger partial charge < -0.3 is 10.6 Å². The predicted octanol–water partition coefficient (Wildman–Crippen LogP) is 4.11. The molecule has 1 aliphatic rings. The van der Waals surface area contributed by atoms with Crippen LogP contribution in [0.3, 0.4) is 0 Å². The first-order chi connectivity index (χ1) is 10.1. The van der Waals surface area contributed by atoms with E-state index < -0.39 is 0 Å². The van der Waals surface area contributed by atoms with E-state index in [-0.39, 0.29) is 0 Å². The van der Waals surface area contributed by atoms with Crippen LogP contribution < -0.4 is 5.73 Å². The van der Waals surface area contributed by atoms with Crippen LogP contribution in [0.5, 0.6) is 0 Å². The molecule has 21 heavy (non-hydrogen) atoms. The Morgan fingerprint density at radius 2 is 2.00 bits per heavy atom. The van der Waals surface area contributed by atoms with Gasteiger partial charge in [-0.1, -0.05) is 41.4 Å². The first kappa shape index (κ1) is 14.9. The normalized spacial score (nSPS) is 15.0. The molecule has 3 rings (SSSR count). The molecule has 0 atom stereocenters. The fourth-order valence-electron chi connectivity index (χ4n) is 2.93. The van der Waals surface area contributed by atoms with Crippen LogP contribution in [-0.4, -0.2) is 18.5 Å². The third-order valence-corrected chi connectivity index (χ3v) is 4.91. The second kappa shape index (κ2) is 5.98. The summed E-state index contributed by atoms with van der Waals surface area (Å²) in [5, 5.41) is 1.34. The second-order valence-corrected chi connectivity index (χ2v) is 6.35. The molecule has 0 saturated carbocycles. The summed E-state index contributed by atoms with van der Waals surface area (Å²) in [4.78, 5) is 2.31. The van der Waals surface area contributed by atoms with Crippen LogP contribution in [0.2, 0.25) is 10.0 Å². The number of halogens is 2. The van der Waals surface area contributed by atoms with Crippen LogP contribution in [0, 0.1) is 0 Å². The molecule has 1 heterocycles. The zero-order valence-corrected chi connectivity index (χ0v) is 13.5. The number of benzene rings is 2. The Kier molecular flexibility index (Phi) is 4.23. The highest BCUT2D eigenvalue weighted by atomic mass is 35.5. The van der Waals surface area contributed by atoms with Gasteiger partial charge in [0, 0.05) is 19.6 Å². The van der Waals surface area contributed by atoms with Crippen molar-refractivity contribution in [2.24, 2.45) is 5.73 Å². The van der Waals surface area contributed by atoms with E-state index in [9.17, 15) is 0 Å². The maximum atomic E-state index is 6.41. The number of nitrogens with two attached hydrogens (primary N) is 1. The predicted molar refractivity (Wildman–Crippen MR) is 89.8 cm³/mol. The fourth-order valence-corrected chi connectivity index (χ4v) is 3.42. The quantitative estimate of drug-likeness (QED) is 0.902. The maximum Gasteiger partial charge on any atom is 0.0628 e. The largest absolute Gasteiger partial charge is 0.326 e. The molecule has 0 saturated heterocycles. The lowest BCUT2D eigenvalue weighted by Gasteiger charge is -2.28. The van der Waals surface area contributed by atoms with Gasteiger partial charge in [0.1, 0.15) is 0 Å². The Balaban J connectivity index is 2.20. The molecule has 2 aromatic rings. The van der Waals surface area contributed by atoms with Crippen LogP contribution in [0.15, 0.2) is 30.3 Å². The Bertz CT molecular complexity index is 683. The minimum atomic E-state index is 0.539. The molecule has 1 aliphatic heterocycles. The van der Waals surface area contributed by atoms with Gasteiger partial charge in [-0.3, -0.25) is 0 Å². The summed E-state index contributed by atoms with van der Waals surface area (Å²) < 4.78 is 0. The molecule has 2 nitrogen and oxygen atoms in total. The van der Waals surface area contributed by atoms with Crippen molar-refractivity contribution >= 4 is 23.2 Å². The van der Waals surface area contributed by atoms with Crippen molar-refractivity contribution < 1.29 is 0 Å². The monoisotopic (exact) mass is 320 g/mol. The van der Waals surface area contributed by atoms with Crippen LogP contribution in [0.1, 0.15) is 16.7 Å². The van der Waals surface area contributed by atoms with Gasteiger partial charge in [0.15, 0.2) is 0 Å². The SMILES string of the molecule is CN1CCc2c(Cl)c(Cl)cc(-c3cccc(CN)c3)c2C1. The van der Waals surface area contributed by atoms with Crippen molar-refractivity contribution in [3.05, 3.63) is 57.1 Å². The average Bonchev–Trinajstić information content (AvgIpc) is 2.50. The topological polar surface area (TPSA) is 29.3 Å². The zero-order valence-electron chi connectivity index (χ0n) is 12.0. The van der Waals surface area contributed by atoms with Crippen molar-refractivity contribution in [3.63, 3.8) is 0 Å². The molecule has 0 spiro atoms. The highest BCUT2D eigenvalue weighted by Gasteiger charge is 2.22. The number of likely N-dealkylation sites (N-methyl/N-ethyl adjacent to an activating group) is 1. The van der Waals surface area contributed by atoms with E-state index in [1.165, 1.54) is 16.7 Å². The molecule has 0 aliphatic carbocycles. The highest BCUT2D eigenvalue weighted by Crippen LogP contribution is 2.39. The van der Waals surface area contributed by atoms with Crippen LogP contribution >= 0.6 is 23.2 Å². The molecule has 0 radical (unpaired) electrons. The second-order valence-electron chi connectivity index (χ2n) is 5.57. The van der Waals surface area contributed by atoms with Crippen LogP contribution in [0.25, 0.3) is 11.1 Å². The Morgan fingerprint density at radius 1 is 1.19 bits per heavy atom. The van der Waals surface area contributed by atoms with Crippen molar-refractivity contribution in [2.45, 2.75) is 19.5 Å². The maximum absolute atomic E-state index is 6.41. The van der Waals surface area contributed by atoms with Crippen LogP contribution in [-0.2, 0) is 19.5 Å². The lowest BCUT2D eigenvalue weighted by Crippen LogP contribution is -2.27. The van der Waals surface area contributed by atoms with E-state index in [1.807, 2.05) is 18.2 Å². The van der Waals surface area contributed by atoms with Gasteiger partial charge >= 0.3 is 0 Å². The van der Waals surface area contributed by atoms with Gasteiger partial charge in [-0.05, 0) is 53.4 Å². The number of hydrogen-bond donors (Lipinski definition) is 1. The van der Waals surface area contributed by atoms with Gasteiger partial charge in [-0.25, -0.2) is 0 Å². The van der Waals surface area contributed by atoms with E-state index in [2.05, 4.69) is 24.1 Å². The number of nitrogens with zero attached hydrogens (tertiary/aromatic N) is 1. The Morgan fingerprint density at radius 3 is 2.76 bits per heavy atom. The van der Waals surface area contributed by atoms with E-state index in [1.54, 1.807) is 0 Å². The fraction of sp³-hybridized carbons (Fsp3) is 0.294. The molecular weight excluding hydrogens is 303 g/mol. The van der Waals surface area contributed by atoms with Crippen molar-refractivity contribution in [2.75, 3.05) is 13.6 Å². The molecule has 0 bridgehead atoms. The van der Waals surface area contributed by atoms with Gasteiger partial charge in [-0.2, -0.15) is 0 Å². The molecule has 110 valence electrons. The van der Waals surface area contributed by atoms with Gasteiger partial charge in [0.05, 0.1) is 10.0 Å². The van der Waals surface area contributed by atoms with E-state index in [0.717, 1.165) is 30.6 Å². The number of hydrogen-bond acceptors (Lipinski definition) is 2. The molecule has 0 fully saturated rings. The molecule has 0 amide bonds. The summed E-state index contributed by atoms with van der Waals surface area (Å²) in [5.41, 5.74) is 11.7. The van der Waals surface area contributed by atoms with E-state index in [4.69, 9.17) is 28.9 Å². The molecule has 2 aromatic carbocycles. The third-order valence-electron chi connectivity index (χ3n) is 4.08.